The van der Waals surface area contributed by atoms with Crippen molar-refractivity contribution in [1.82, 2.24) is 15.2 Å². The first-order valence-electron chi connectivity index (χ1n) is 8.54. The molecule has 2 aromatic carbocycles. The number of H-pyrrole nitrogens is 2. The van der Waals surface area contributed by atoms with E-state index in [2.05, 4.69) is 15.2 Å². The molecule has 0 aliphatic carbocycles. The summed E-state index contributed by atoms with van der Waals surface area (Å²) in [6.45, 7) is 1.97. The van der Waals surface area contributed by atoms with Crippen LogP contribution >= 0.6 is 12.2 Å². The van der Waals surface area contributed by atoms with Gasteiger partial charge in [0.15, 0.2) is 11.5 Å². The largest absolute Gasteiger partial charge is 0.493 e. The van der Waals surface area contributed by atoms with Crippen LogP contribution < -0.4 is 14.0 Å². The van der Waals surface area contributed by atoms with Crippen LogP contribution in [0.1, 0.15) is 5.69 Å². The van der Waals surface area contributed by atoms with E-state index in [0.717, 1.165) is 27.7 Å². The molecule has 4 aromatic rings. The van der Waals surface area contributed by atoms with Crippen molar-refractivity contribution >= 4 is 23.0 Å². The number of pyridine rings is 1. The number of halogens is 1. The van der Waals surface area contributed by atoms with Gasteiger partial charge in [0.25, 0.3) is 0 Å². The van der Waals surface area contributed by atoms with Crippen molar-refractivity contribution in [2.24, 2.45) is 0 Å². The second-order valence-electron chi connectivity index (χ2n) is 6.26. The quantitative estimate of drug-likeness (QED) is 0.403. The Morgan fingerprint density at radius 1 is 1.00 bits per heavy atom. The van der Waals surface area contributed by atoms with Crippen LogP contribution in [0.5, 0.6) is 11.5 Å². The molecule has 0 bridgehead atoms. The summed E-state index contributed by atoms with van der Waals surface area (Å²) in [5, 5.41) is 7.68. The van der Waals surface area contributed by atoms with Crippen LogP contribution in [-0.2, 0) is 0 Å². The molecular formula is C20H18FN4O2S+. The number of nitrogens with zero attached hydrogens (tertiary/aromatic N) is 2. The summed E-state index contributed by atoms with van der Waals surface area (Å²) in [5.74, 6) is 1.48. The molecule has 142 valence electrons. The standard InChI is InChI=1S/C20H17FN4O2S/c1-11-8-13-9-16(26-2)17(27-3)10-15(13)18(12-4-6-14(21)7-5-12)25(11)19-22-20(28)24-23-19/h4-10H,1-3H3,(H-,22,23,24,28)/p+1. The molecule has 0 amide bonds. The van der Waals surface area contributed by atoms with Crippen LogP contribution in [0.25, 0.3) is 28.0 Å². The van der Waals surface area contributed by atoms with Gasteiger partial charge in [-0.1, -0.05) is 0 Å². The van der Waals surface area contributed by atoms with Crippen LogP contribution in [0.2, 0.25) is 0 Å². The maximum absolute atomic E-state index is 13.6. The molecule has 0 saturated heterocycles. The third kappa shape index (κ3) is 3.01. The van der Waals surface area contributed by atoms with Gasteiger partial charge in [0.1, 0.15) is 11.5 Å². The molecule has 0 aliphatic heterocycles. The fraction of sp³-hybridized carbons (Fsp3) is 0.150. The van der Waals surface area contributed by atoms with Crippen molar-refractivity contribution in [3.63, 3.8) is 0 Å². The van der Waals surface area contributed by atoms with Crippen LogP contribution in [0, 0.1) is 17.5 Å². The minimum Gasteiger partial charge on any atom is -0.493 e. The number of aryl methyl sites for hydroxylation is 1. The highest BCUT2D eigenvalue weighted by Gasteiger charge is 2.23. The Morgan fingerprint density at radius 2 is 1.68 bits per heavy atom. The second kappa shape index (κ2) is 7.05. The first-order valence-corrected chi connectivity index (χ1v) is 8.95. The molecule has 4 rings (SSSR count). The van der Waals surface area contributed by atoms with E-state index in [9.17, 15) is 4.39 Å². The number of benzene rings is 2. The molecular weight excluding hydrogens is 379 g/mol. The van der Waals surface area contributed by atoms with Gasteiger partial charge in [0.2, 0.25) is 0 Å². The normalized spacial score (nSPS) is 11.0. The summed E-state index contributed by atoms with van der Waals surface area (Å²) in [6, 6.07) is 12.2. The van der Waals surface area contributed by atoms with Crippen molar-refractivity contribution in [2.75, 3.05) is 14.2 Å². The van der Waals surface area contributed by atoms with Gasteiger partial charge < -0.3 is 9.47 Å². The van der Waals surface area contributed by atoms with Gasteiger partial charge in [-0.05, 0) is 72.0 Å². The summed E-state index contributed by atoms with van der Waals surface area (Å²) in [5.41, 5.74) is 2.56. The zero-order chi connectivity index (χ0) is 19.8. The Kier molecular flexibility index (Phi) is 4.56. The lowest BCUT2D eigenvalue weighted by Gasteiger charge is -2.15. The molecule has 6 nitrogen and oxygen atoms in total. The third-order valence-electron chi connectivity index (χ3n) is 4.57. The highest BCUT2D eigenvalue weighted by Crippen LogP contribution is 2.36. The van der Waals surface area contributed by atoms with Gasteiger partial charge in [0, 0.05) is 10.9 Å². The van der Waals surface area contributed by atoms with Gasteiger partial charge in [0.05, 0.1) is 19.9 Å². The van der Waals surface area contributed by atoms with Crippen molar-refractivity contribution in [1.29, 1.82) is 0 Å². The molecule has 0 spiro atoms. The maximum atomic E-state index is 13.6. The number of ether oxygens (including phenoxy) is 2. The highest BCUT2D eigenvalue weighted by atomic mass is 32.1. The number of hydrogen-bond acceptors (Lipinski definition) is 4. The minimum absolute atomic E-state index is 0.300. The number of aromatic amines is 2. The first-order chi connectivity index (χ1) is 13.5. The Bertz CT molecular complexity index is 1230. The van der Waals surface area contributed by atoms with Crippen molar-refractivity contribution in [3.8, 4) is 28.7 Å². The van der Waals surface area contributed by atoms with E-state index >= 15 is 0 Å². The number of aromatic nitrogens is 4. The Morgan fingerprint density at radius 3 is 2.29 bits per heavy atom. The number of hydrogen-bond donors (Lipinski definition) is 2. The predicted octanol–water partition coefficient (Wildman–Crippen LogP) is 4.03. The van der Waals surface area contributed by atoms with Crippen LogP contribution in [0.15, 0.2) is 42.5 Å². The molecule has 2 heterocycles. The lowest BCUT2D eigenvalue weighted by Crippen LogP contribution is -2.38. The van der Waals surface area contributed by atoms with Gasteiger partial charge >= 0.3 is 10.7 Å². The summed E-state index contributed by atoms with van der Waals surface area (Å²) in [6.07, 6.45) is 0. The predicted molar refractivity (Wildman–Crippen MR) is 106 cm³/mol. The van der Waals surface area contributed by atoms with Crippen molar-refractivity contribution < 1.29 is 18.4 Å². The average molecular weight is 397 g/mol. The molecule has 0 radical (unpaired) electrons. The van der Waals surface area contributed by atoms with Crippen molar-refractivity contribution in [2.45, 2.75) is 6.92 Å². The fourth-order valence-electron chi connectivity index (χ4n) is 3.34. The zero-order valence-electron chi connectivity index (χ0n) is 15.5. The summed E-state index contributed by atoms with van der Waals surface area (Å²) in [7, 11) is 3.19. The van der Waals surface area contributed by atoms with E-state index in [1.54, 1.807) is 26.4 Å². The van der Waals surface area contributed by atoms with Gasteiger partial charge in [-0.25, -0.2) is 9.49 Å². The number of rotatable bonds is 4. The van der Waals surface area contributed by atoms with Gasteiger partial charge in [-0.3, -0.25) is 0 Å². The number of methoxy groups -OCH3 is 2. The molecule has 2 aromatic heterocycles. The van der Waals surface area contributed by atoms with E-state index in [1.807, 2.05) is 29.7 Å². The zero-order valence-corrected chi connectivity index (χ0v) is 16.4. The van der Waals surface area contributed by atoms with Crippen LogP contribution in [-0.4, -0.2) is 29.4 Å². The number of nitrogens with one attached hydrogen (secondary N) is 2. The molecule has 0 aliphatic rings. The molecule has 0 fully saturated rings. The Labute approximate surface area is 165 Å². The van der Waals surface area contributed by atoms with E-state index in [1.165, 1.54) is 12.1 Å². The van der Waals surface area contributed by atoms with Gasteiger partial charge in [-0.15, -0.1) is 0 Å². The van der Waals surface area contributed by atoms with E-state index < -0.39 is 0 Å². The molecule has 2 N–H and O–H groups in total. The maximum Gasteiger partial charge on any atom is 0.422 e. The second-order valence-corrected chi connectivity index (χ2v) is 6.65. The SMILES string of the molecule is COc1cc2cc(C)[n+](-c3nc(=S)[nH][nH]3)c(-c3ccc(F)cc3)c2cc1OC. The lowest BCUT2D eigenvalue weighted by atomic mass is 10.0. The topological polar surface area (TPSA) is 66.8 Å². The number of fused-ring (bicyclic) bond motifs is 1. The van der Waals surface area contributed by atoms with E-state index in [4.69, 9.17) is 21.7 Å². The smallest absolute Gasteiger partial charge is 0.422 e. The summed E-state index contributed by atoms with van der Waals surface area (Å²) < 4.78 is 26.8. The van der Waals surface area contributed by atoms with Crippen molar-refractivity contribution in [3.05, 3.63) is 58.7 Å². The molecule has 8 heteroatoms. The molecule has 28 heavy (non-hydrogen) atoms. The molecule has 0 atom stereocenters. The van der Waals surface area contributed by atoms with Crippen LogP contribution in [0.3, 0.4) is 0 Å². The minimum atomic E-state index is -0.300. The highest BCUT2D eigenvalue weighted by molar-refractivity contribution is 7.71. The Hall–Kier alpha value is -3.26. The van der Waals surface area contributed by atoms with E-state index in [-0.39, 0.29) is 5.82 Å². The Balaban J connectivity index is 2.15. The summed E-state index contributed by atoms with van der Waals surface area (Å²) in [4.78, 5) is 4.37. The fourth-order valence-corrected chi connectivity index (χ4v) is 3.48. The third-order valence-corrected chi connectivity index (χ3v) is 4.76. The average Bonchev–Trinajstić information content (AvgIpc) is 3.12. The lowest BCUT2D eigenvalue weighted by molar-refractivity contribution is -0.597. The molecule has 0 unspecified atom stereocenters. The first kappa shape index (κ1) is 18.1. The summed E-state index contributed by atoms with van der Waals surface area (Å²) >= 11 is 5.12. The van der Waals surface area contributed by atoms with Crippen LogP contribution in [0.4, 0.5) is 4.39 Å². The molecule has 0 saturated carbocycles. The van der Waals surface area contributed by atoms with E-state index in [0.29, 0.717) is 22.2 Å². The van der Waals surface area contributed by atoms with Gasteiger partial charge in [-0.2, -0.15) is 9.67 Å². The monoisotopic (exact) mass is 397 g/mol.